The number of nitrogens with zero attached hydrogens (tertiary/aromatic N) is 2. The fourth-order valence-corrected chi connectivity index (χ4v) is 3.17. The first-order chi connectivity index (χ1) is 10.2. The summed E-state index contributed by atoms with van der Waals surface area (Å²) in [6, 6.07) is 4.20. The van der Waals surface area contributed by atoms with Gasteiger partial charge in [0.15, 0.2) is 5.96 Å². The maximum absolute atomic E-state index is 9.45. The van der Waals surface area contributed by atoms with Crippen molar-refractivity contribution in [2.75, 3.05) is 32.7 Å². The third-order valence-electron chi connectivity index (χ3n) is 3.73. The van der Waals surface area contributed by atoms with Crippen LogP contribution in [0.15, 0.2) is 22.5 Å². The van der Waals surface area contributed by atoms with Crippen molar-refractivity contribution in [3.05, 3.63) is 22.4 Å². The highest BCUT2D eigenvalue weighted by molar-refractivity contribution is 7.09. The molecule has 4 N–H and O–H groups in total. The summed E-state index contributed by atoms with van der Waals surface area (Å²) >= 11 is 1.77. The van der Waals surface area contributed by atoms with Crippen LogP contribution in [0.3, 0.4) is 0 Å². The average molecular weight is 310 g/mol. The van der Waals surface area contributed by atoms with Crippen LogP contribution in [0.5, 0.6) is 0 Å². The lowest BCUT2D eigenvalue weighted by molar-refractivity contribution is 0.0824. The number of aliphatic hydroxyl groups excluding tert-OH is 1. The zero-order valence-corrected chi connectivity index (χ0v) is 13.3. The van der Waals surface area contributed by atoms with Crippen LogP contribution >= 0.6 is 11.3 Å². The van der Waals surface area contributed by atoms with E-state index in [1.165, 1.54) is 4.88 Å². The number of rotatable bonds is 7. The van der Waals surface area contributed by atoms with Gasteiger partial charge in [-0.05, 0) is 43.7 Å². The normalized spacial score (nSPS) is 18.0. The first-order valence-corrected chi connectivity index (χ1v) is 8.58. The molecule has 5 nitrogen and oxygen atoms in total. The number of hydrogen-bond donors (Lipinski definition) is 3. The van der Waals surface area contributed by atoms with E-state index in [0.29, 0.717) is 5.96 Å². The lowest BCUT2D eigenvalue weighted by Crippen LogP contribution is -2.37. The summed E-state index contributed by atoms with van der Waals surface area (Å²) in [5.74, 6) is 0.542. The van der Waals surface area contributed by atoms with Gasteiger partial charge in [-0.3, -0.25) is 4.99 Å². The largest absolute Gasteiger partial charge is 0.393 e. The Morgan fingerprint density at radius 1 is 1.48 bits per heavy atom. The number of thiophene rings is 1. The second-order valence-corrected chi connectivity index (χ2v) is 6.48. The first kappa shape index (κ1) is 16.3. The second-order valence-electron chi connectivity index (χ2n) is 5.45. The van der Waals surface area contributed by atoms with Crippen LogP contribution in [-0.2, 0) is 6.42 Å². The molecular formula is C15H26N4OS. The van der Waals surface area contributed by atoms with E-state index >= 15 is 0 Å². The predicted octanol–water partition coefficient (Wildman–Crippen LogP) is 1.04. The number of aliphatic hydroxyl groups is 1. The van der Waals surface area contributed by atoms with E-state index in [0.717, 1.165) is 58.4 Å². The molecule has 6 heteroatoms. The summed E-state index contributed by atoms with van der Waals surface area (Å²) in [7, 11) is 0. The minimum absolute atomic E-state index is 0.0949. The zero-order valence-electron chi connectivity index (χ0n) is 12.5. The molecule has 0 amide bonds. The Balaban J connectivity index is 1.52. The number of aliphatic imine (C=N–C) groups is 1. The molecule has 0 unspecified atom stereocenters. The number of hydrogen-bond acceptors (Lipinski definition) is 4. The maximum atomic E-state index is 9.45. The third-order valence-corrected chi connectivity index (χ3v) is 4.67. The smallest absolute Gasteiger partial charge is 0.188 e. The van der Waals surface area contributed by atoms with Crippen molar-refractivity contribution in [2.24, 2.45) is 10.7 Å². The standard InChI is InChI=1S/C15H26N4OS/c16-15(18-8-4-14-3-1-12-21-14)17-7-2-9-19-10-5-13(20)6-11-19/h1,3,12-13,20H,2,4-11H2,(H3,16,17,18). The Morgan fingerprint density at radius 3 is 3.00 bits per heavy atom. The van der Waals surface area contributed by atoms with E-state index in [2.05, 4.69) is 32.7 Å². The van der Waals surface area contributed by atoms with E-state index in [1.807, 2.05) is 0 Å². The van der Waals surface area contributed by atoms with Gasteiger partial charge < -0.3 is 21.1 Å². The molecule has 0 atom stereocenters. The average Bonchev–Trinajstić information content (AvgIpc) is 2.99. The molecule has 2 heterocycles. The Morgan fingerprint density at radius 2 is 2.29 bits per heavy atom. The highest BCUT2D eigenvalue weighted by Crippen LogP contribution is 2.10. The molecule has 1 fully saturated rings. The van der Waals surface area contributed by atoms with Crippen molar-refractivity contribution in [2.45, 2.75) is 31.8 Å². The summed E-state index contributed by atoms with van der Waals surface area (Å²) < 4.78 is 0. The van der Waals surface area contributed by atoms with Crippen molar-refractivity contribution < 1.29 is 5.11 Å². The van der Waals surface area contributed by atoms with Crippen LogP contribution in [0.1, 0.15) is 24.1 Å². The molecular weight excluding hydrogens is 284 g/mol. The predicted molar refractivity (Wildman–Crippen MR) is 88.8 cm³/mol. The summed E-state index contributed by atoms with van der Waals surface area (Å²) in [6.07, 6.45) is 3.71. The number of nitrogens with one attached hydrogen (secondary N) is 1. The fraction of sp³-hybridized carbons (Fsp3) is 0.667. The molecule has 21 heavy (non-hydrogen) atoms. The minimum atomic E-state index is -0.0949. The molecule has 1 aliphatic rings. The van der Waals surface area contributed by atoms with E-state index in [1.54, 1.807) is 11.3 Å². The molecule has 0 radical (unpaired) electrons. The maximum Gasteiger partial charge on any atom is 0.188 e. The Labute approximate surface area is 130 Å². The molecule has 0 bridgehead atoms. The van der Waals surface area contributed by atoms with Gasteiger partial charge in [-0.2, -0.15) is 0 Å². The Kier molecular flexibility index (Phi) is 6.99. The molecule has 2 rings (SSSR count). The van der Waals surface area contributed by atoms with Crippen molar-refractivity contribution in [1.82, 2.24) is 10.2 Å². The van der Waals surface area contributed by atoms with E-state index < -0.39 is 0 Å². The molecule has 0 spiro atoms. The number of piperidine rings is 1. The SMILES string of the molecule is NC(=NCCCN1CCC(O)CC1)NCCc1cccs1. The number of likely N-dealkylation sites (tertiary alicyclic amines) is 1. The van der Waals surface area contributed by atoms with Gasteiger partial charge in [0, 0.05) is 31.1 Å². The van der Waals surface area contributed by atoms with Gasteiger partial charge in [0.05, 0.1) is 6.10 Å². The number of guanidine groups is 1. The quantitative estimate of drug-likeness (QED) is 0.400. The van der Waals surface area contributed by atoms with Crippen molar-refractivity contribution in [1.29, 1.82) is 0 Å². The highest BCUT2D eigenvalue weighted by atomic mass is 32.1. The van der Waals surface area contributed by atoms with Gasteiger partial charge in [-0.25, -0.2) is 0 Å². The molecule has 0 aromatic carbocycles. The molecule has 1 aliphatic heterocycles. The van der Waals surface area contributed by atoms with Crippen LogP contribution in [-0.4, -0.2) is 54.8 Å². The summed E-state index contributed by atoms with van der Waals surface area (Å²) in [5.41, 5.74) is 5.85. The summed E-state index contributed by atoms with van der Waals surface area (Å²) in [4.78, 5) is 8.11. The second kappa shape index (κ2) is 9.02. The molecule has 1 aromatic heterocycles. The van der Waals surface area contributed by atoms with Gasteiger partial charge in [-0.1, -0.05) is 6.07 Å². The van der Waals surface area contributed by atoms with E-state index in [9.17, 15) is 5.11 Å². The molecule has 0 aliphatic carbocycles. The third kappa shape index (κ3) is 6.46. The molecule has 118 valence electrons. The monoisotopic (exact) mass is 310 g/mol. The fourth-order valence-electron chi connectivity index (χ4n) is 2.46. The lowest BCUT2D eigenvalue weighted by Gasteiger charge is -2.29. The van der Waals surface area contributed by atoms with Gasteiger partial charge in [0.2, 0.25) is 0 Å². The molecule has 1 aromatic rings. The minimum Gasteiger partial charge on any atom is -0.393 e. The van der Waals surface area contributed by atoms with Crippen LogP contribution in [0.2, 0.25) is 0 Å². The summed E-state index contributed by atoms with van der Waals surface area (Å²) in [5, 5.41) is 14.7. The lowest BCUT2D eigenvalue weighted by atomic mass is 10.1. The number of nitrogens with two attached hydrogens (primary N) is 1. The Hall–Kier alpha value is -1.11. The van der Waals surface area contributed by atoms with Crippen LogP contribution in [0.25, 0.3) is 0 Å². The van der Waals surface area contributed by atoms with Crippen LogP contribution < -0.4 is 11.1 Å². The van der Waals surface area contributed by atoms with Crippen LogP contribution in [0.4, 0.5) is 0 Å². The van der Waals surface area contributed by atoms with E-state index in [-0.39, 0.29) is 6.10 Å². The van der Waals surface area contributed by atoms with Gasteiger partial charge in [0.25, 0.3) is 0 Å². The zero-order chi connectivity index (χ0) is 14.9. The molecule has 0 saturated carbocycles. The first-order valence-electron chi connectivity index (χ1n) is 7.70. The van der Waals surface area contributed by atoms with Crippen molar-refractivity contribution in [3.63, 3.8) is 0 Å². The van der Waals surface area contributed by atoms with Crippen molar-refractivity contribution in [3.8, 4) is 0 Å². The highest BCUT2D eigenvalue weighted by Gasteiger charge is 2.15. The van der Waals surface area contributed by atoms with Gasteiger partial charge in [0.1, 0.15) is 0 Å². The Bertz CT molecular complexity index is 413. The summed E-state index contributed by atoms with van der Waals surface area (Å²) in [6.45, 7) is 4.63. The van der Waals surface area contributed by atoms with Gasteiger partial charge >= 0.3 is 0 Å². The van der Waals surface area contributed by atoms with Crippen molar-refractivity contribution >= 4 is 17.3 Å². The van der Waals surface area contributed by atoms with Gasteiger partial charge in [-0.15, -0.1) is 11.3 Å². The topological polar surface area (TPSA) is 73.9 Å². The molecule has 1 saturated heterocycles. The van der Waals surface area contributed by atoms with Crippen LogP contribution in [0, 0.1) is 0 Å². The van der Waals surface area contributed by atoms with E-state index in [4.69, 9.17) is 5.73 Å².